The minimum atomic E-state index is -0.657. The van der Waals surface area contributed by atoms with Crippen molar-refractivity contribution in [3.8, 4) is 0 Å². The molecule has 0 aromatic carbocycles. The Kier molecular flexibility index (Phi) is 4.51. The van der Waals surface area contributed by atoms with Gasteiger partial charge in [-0.15, -0.1) is 0 Å². The standard InChI is InChI=1S/C12H18N6O3/c1-8(12(19)17-5-3-2-4-6-17)16-11-9(18(20)21)10(13)14-7-15-11/h7-8H,2-6H2,1H3,(H3,13,14,15,16). The van der Waals surface area contributed by atoms with Crippen LogP contribution in [0.4, 0.5) is 17.3 Å². The zero-order valence-corrected chi connectivity index (χ0v) is 11.8. The molecule has 0 saturated carbocycles. The number of aromatic nitrogens is 2. The number of piperidine rings is 1. The molecule has 114 valence electrons. The monoisotopic (exact) mass is 294 g/mol. The Morgan fingerprint density at radius 2 is 2.10 bits per heavy atom. The summed E-state index contributed by atoms with van der Waals surface area (Å²) in [7, 11) is 0. The van der Waals surface area contributed by atoms with Crippen LogP contribution < -0.4 is 11.1 Å². The first-order chi connectivity index (χ1) is 10.0. The van der Waals surface area contributed by atoms with Crippen LogP contribution >= 0.6 is 0 Å². The number of nitro groups is 1. The van der Waals surface area contributed by atoms with E-state index in [1.54, 1.807) is 11.8 Å². The van der Waals surface area contributed by atoms with Gasteiger partial charge in [0.15, 0.2) is 0 Å². The lowest BCUT2D eigenvalue weighted by molar-refractivity contribution is -0.383. The largest absolute Gasteiger partial charge is 0.378 e. The summed E-state index contributed by atoms with van der Waals surface area (Å²) in [5, 5.41) is 13.8. The third kappa shape index (κ3) is 3.36. The van der Waals surface area contributed by atoms with Crippen LogP contribution in [0.15, 0.2) is 6.33 Å². The molecule has 1 aliphatic heterocycles. The SMILES string of the molecule is CC(Nc1ncnc(N)c1[N+](=O)[O-])C(=O)N1CCCCC1. The van der Waals surface area contributed by atoms with E-state index < -0.39 is 16.7 Å². The van der Waals surface area contributed by atoms with Crippen LogP contribution in [0, 0.1) is 10.1 Å². The summed E-state index contributed by atoms with van der Waals surface area (Å²) in [6, 6.07) is -0.615. The molecule has 9 nitrogen and oxygen atoms in total. The number of anilines is 2. The quantitative estimate of drug-likeness (QED) is 0.620. The van der Waals surface area contributed by atoms with Crippen molar-refractivity contribution in [3.63, 3.8) is 0 Å². The fourth-order valence-electron chi connectivity index (χ4n) is 2.33. The number of carbonyl (C=O) groups is 1. The Hall–Kier alpha value is -2.45. The van der Waals surface area contributed by atoms with Crippen molar-refractivity contribution < 1.29 is 9.72 Å². The Morgan fingerprint density at radius 3 is 2.71 bits per heavy atom. The van der Waals surface area contributed by atoms with E-state index in [2.05, 4.69) is 15.3 Å². The van der Waals surface area contributed by atoms with Gasteiger partial charge in [0.25, 0.3) is 0 Å². The predicted octanol–water partition coefficient (Wildman–Crippen LogP) is 0.780. The molecule has 1 saturated heterocycles. The highest BCUT2D eigenvalue weighted by atomic mass is 16.6. The average Bonchev–Trinajstić information content (AvgIpc) is 2.47. The van der Waals surface area contributed by atoms with E-state index in [0.717, 1.165) is 38.7 Å². The van der Waals surface area contributed by atoms with Crippen molar-refractivity contribution >= 4 is 23.2 Å². The molecule has 1 unspecified atom stereocenters. The van der Waals surface area contributed by atoms with Gasteiger partial charge in [-0.05, 0) is 26.2 Å². The second-order valence-electron chi connectivity index (χ2n) is 4.97. The van der Waals surface area contributed by atoms with Crippen molar-refractivity contribution in [1.82, 2.24) is 14.9 Å². The minimum Gasteiger partial charge on any atom is -0.378 e. The van der Waals surface area contributed by atoms with Crippen LogP contribution in [0.25, 0.3) is 0 Å². The number of carbonyl (C=O) groups excluding carboxylic acids is 1. The molecule has 3 N–H and O–H groups in total. The van der Waals surface area contributed by atoms with Crippen LogP contribution in [-0.4, -0.2) is 44.8 Å². The van der Waals surface area contributed by atoms with E-state index in [0.29, 0.717) is 0 Å². The van der Waals surface area contributed by atoms with Gasteiger partial charge in [0.1, 0.15) is 12.4 Å². The van der Waals surface area contributed by atoms with Crippen molar-refractivity contribution in [2.24, 2.45) is 0 Å². The summed E-state index contributed by atoms with van der Waals surface area (Å²) < 4.78 is 0. The Morgan fingerprint density at radius 1 is 1.43 bits per heavy atom. The van der Waals surface area contributed by atoms with E-state index in [4.69, 9.17) is 5.73 Å². The van der Waals surface area contributed by atoms with Crippen molar-refractivity contribution in [2.75, 3.05) is 24.1 Å². The van der Waals surface area contributed by atoms with Gasteiger partial charge < -0.3 is 16.0 Å². The van der Waals surface area contributed by atoms with Crippen molar-refractivity contribution in [3.05, 3.63) is 16.4 Å². The third-order valence-corrected chi connectivity index (χ3v) is 3.42. The normalized spacial score (nSPS) is 16.3. The van der Waals surface area contributed by atoms with Crippen LogP contribution in [-0.2, 0) is 4.79 Å². The maximum Gasteiger partial charge on any atom is 0.353 e. The molecule has 0 spiro atoms. The molecular weight excluding hydrogens is 276 g/mol. The lowest BCUT2D eigenvalue weighted by Crippen LogP contribution is -2.44. The number of amides is 1. The number of nitrogens with two attached hydrogens (primary N) is 1. The van der Waals surface area contributed by atoms with Crippen LogP contribution in [0.1, 0.15) is 26.2 Å². The number of hydrogen-bond acceptors (Lipinski definition) is 7. The molecular formula is C12H18N6O3. The van der Waals surface area contributed by atoms with Crippen molar-refractivity contribution in [2.45, 2.75) is 32.2 Å². The number of nitrogens with one attached hydrogen (secondary N) is 1. The number of likely N-dealkylation sites (tertiary alicyclic amines) is 1. The Labute approximate surface area is 121 Å². The van der Waals surface area contributed by atoms with E-state index in [1.807, 2.05) is 0 Å². The fourth-order valence-corrected chi connectivity index (χ4v) is 2.33. The predicted molar refractivity (Wildman–Crippen MR) is 76.6 cm³/mol. The van der Waals surface area contributed by atoms with Gasteiger partial charge in [0, 0.05) is 13.1 Å². The minimum absolute atomic E-state index is 0.0367. The van der Waals surface area contributed by atoms with Gasteiger partial charge in [-0.3, -0.25) is 14.9 Å². The van der Waals surface area contributed by atoms with Crippen molar-refractivity contribution in [1.29, 1.82) is 0 Å². The van der Waals surface area contributed by atoms with E-state index in [9.17, 15) is 14.9 Å². The summed E-state index contributed by atoms with van der Waals surface area (Å²) in [5.74, 6) is -0.360. The summed E-state index contributed by atoms with van der Waals surface area (Å²) in [6.07, 6.45) is 4.22. The molecule has 9 heteroatoms. The lowest BCUT2D eigenvalue weighted by Gasteiger charge is -2.29. The Bertz CT molecular complexity index is 544. The van der Waals surface area contributed by atoms with Crippen LogP contribution in [0.5, 0.6) is 0 Å². The molecule has 1 aromatic heterocycles. The van der Waals surface area contributed by atoms with Gasteiger partial charge in [-0.2, -0.15) is 0 Å². The third-order valence-electron chi connectivity index (χ3n) is 3.42. The second kappa shape index (κ2) is 6.33. The molecule has 21 heavy (non-hydrogen) atoms. The van der Waals surface area contributed by atoms with E-state index in [-0.39, 0.29) is 17.5 Å². The zero-order valence-electron chi connectivity index (χ0n) is 11.8. The lowest BCUT2D eigenvalue weighted by atomic mass is 10.1. The van der Waals surface area contributed by atoms with Gasteiger partial charge in [0.2, 0.25) is 17.5 Å². The number of nitrogen functional groups attached to an aromatic ring is 1. The van der Waals surface area contributed by atoms with Gasteiger partial charge in [-0.1, -0.05) is 0 Å². The van der Waals surface area contributed by atoms with Gasteiger partial charge >= 0.3 is 5.69 Å². The fraction of sp³-hybridized carbons (Fsp3) is 0.583. The highest BCUT2D eigenvalue weighted by Gasteiger charge is 2.27. The molecule has 1 fully saturated rings. The molecule has 1 atom stereocenters. The summed E-state index contributed by atoms with van der Waals surface area (Å²) in [4.78, 5) is 31.8. The number of rotatable bonds is 4. The zero-order chi connectivity index (χ0) is 15.4. The van der Waals surface area contributed by atoms with Gasteiger partial charge in [0.05, 0.1) is 4.92 Å². The summed E-state index contributed by atoms with van der Waals surface area (Å²) in [5.41, 5.74) is 5.08. The summed E-state index contributed by atoms with van der Waals surface area (Å²) >= 11 is 0. The number of hydrogen-bond donors (Lipinski definition) is 2. The maximum atomic E-state index is 12.3. The first-order valence-electron chi connectivity index (χ1n) is 6.81. The molecule has 0 aliphatic carbocycles. The molecule has 1 aromatic rings. The molecule has 0 bridgehead atoms. The molecule has 1 amide bonds. The summed E-state index contributed by atoms with van der Waals surface area (Å²) in [6.45, 7) is 3.09. The molecule has 1 aliphatic rings. The first-order valence-corrected chi connectivity index (χ1v) is 6.81. The van der Waals surface area contributed by atoms with Gasteiger partial charge in [-0.25, -0.2) is 9.97 Å². The highest BCUT2D eigenvalue weighted by molar-refractivity contribution is 5.85. The molecule has 0 radical (unpaired) electrons. The van der Waals surface area contributed by atoms with Crippen LogP contribution in [0.3, 0.4) is 0 Å². The average molecular weight is 294 g/mol. The molecule has 2 rings (SSSR count). The highest BCUT2D eigenvalue weighted by Crippen LogP contribution is 2.27. The number of nitrogens with zero attached hydrogens (tertiary/aromatic N) is 4. The maximum absolute atomic E-state index is 12.3. The topological polar surface area (TPSA) is 127 Å². The first kappa shape index (κ1) is 14.9. The van der Waals surface area contributed by atoms with E-state index in [1.165, 1.54) is 0 Å². The smallest absolute Gasteiger partial charge is 0.353 e. The molecule has 2 heterocycles. The Balaban J connectivity index is 2.12. The van der Waals surface area contributed by atoms with Crippen LogP contribution in [0.2, 0.25) is 0 Å². The second-order valence-corrected chi connectivity index (χ2v) is 4.97. The van der Waals surface area contributed by atoms with E-state index >= 15 is 0 Å².